The molecular formula is C26H27N5O5S. The van der Waals surface area contributed by atoms with Crippen LogP contribution in [0.3, 0.4) is 0 Å². The van der Waals surface area contributed by atoms with Crippen molar-refractivity contribution in [3.8, 4) is 28.8 Å². The number of para-hydroxylation sites is 1. The monoisotopic (exact) mass is 521 g/mol. The van der Waals surface area contributed by atoms with Crippen molar-refractivity contribution in [3.63, 3.8) is 0 Å². The molecule has 10 nitrogen and oxygen atoms in total. The van der Waals surface area contributed by atoms with E-state index in [-0.39, 0.29) is 5.91 Å². The summed E-state index contributed by atoms with van der Waals surface area (Å²) in [6.07, 6.45) is 0.689. The van der Waals surface area contributed by atoms with Crippen LogP contribution >= 0.6 is 11.9 Å². The zero-order valence-electron chi connectivity index (χ0n) is 20.9. The summed E-state index contributed by atoms with van der Waals surface area (Å²) in [5, 5.41) is 8.70. The van der Waals surface area contributed by atoms with Crippen LogP contribution in [0.15, 0.2) is 59.0 Å². The second kappa shape index (κ2) is 11.7. The third-order valence-electron chi connectivity index (χ3n) is 5.61. The molecule has 37 heavy (non-hydrogen) atoms. The Kier molecular flexibility index (Phi) is 8.14. The first-order chi connectivity index (χ1) is 18.0. The van der Waals surface area contributed by atoms with Crippen molar-refractivity contribution in [2.45, 2.75) is 6.92 Å². The number of hydrogen-bond acceptors (Lipinski definition) is 9. The van der Waals surface area contributed by atoms with Crippen LogP contribution in [0.4, 0.5) is 5.95 Å². The van der Waals surface area contributed by atoms with Crippen molar-refractivity contribution in [1.82, 2.24) is 19.7 Å². The molecule has 2 heterocycles. The molecule has 0 bridgehead atoms. The molecule has 1 amide bonds. The second-order valence-corrected chi connectivity index (χ2v) is 8.89. The standard InChI is InChI=1S/C26H27N5O5S/c1-17-12-13-22(36-17)24-27-28-26(31(24)23-20(34-3)10-7-11-21(23)35-4)29-37-15-14-30(2)25(33)19-9-6-5-8-18(19)16-32/h5-13,16H,14-15H2,1-4H3,(H,28,29). The van der Waals surface area contributed by atoms with Gasteiger partial charge in [-0.2, -0.15) is 0 Å². The number of carbonyl (C=O) groups excluding carboxylic acids is 2. The predicted octanol–water partition coefficient (Wildman–Crippen LogP) is 4.50. The number of aryl methyl sites for hydroxylation is 1. The van der Waals surface area contributed by atoms with E-state index in [4.69, 9.17) is 13.9 Å². The lowest BCUT2D eigenvalue weighted by molar-refractivity contribution is 0.0800. The van der Waals surface area contributed by atoms with Gasteiger partial charge in [-0.05, 0) is 49.2 Å². The summed E-state index contributed by atoms with van der Waals surface area (Å²) in [5.41, 5.74) is 1.35. The van der Waals surface area contributed by atoms with E-state index in [0.717, 1.165) is 5.76 Å². The summed E-state index contributed by atoms with van der Waals surface area (Å²) in [5.74, 6) is 3.62. The Morgan fingerprint density at radius 3 is 2.46 bits per heavy atom. The van der Waals surface area contributed by atoms with Gasteiger partial charge in [0.15, 0.2) is 12.0 Å². The lowest BCUT2D eigenvalue weighted by Gasteiger charge is -2.19. The van der Waals surface area contributed by atoms with E-state index in [9.17, 15) is 9.59 Å². The Balaban J connectivity index is 1.55. The second-order valence-electron chi connectivity index (χ2n) is 7.99. The number of nitrogens with zero attached hydrogens (tertiary/aromatic N) is 4. The normalized spacial score (nSPS) is 10.7. The van der Waals surface area contributed by atoms with Crippen molar-refractivity contribution < 1.29 is 23.5 Å². The minimum atomic E-state index is -0.222. The maximum Gasteiger partial charge on any atom is 0.254 e. The fourth-order valence-electron chi connectivity index (χ4n) is 3.73. The highest BCUT2D eigenvalue weighted by Crippen LogP contribution is 2.38. The molecule has 192 valence electrons. The van der Waals surface area contributed by atoms with Gasteiger partial charge < -0.3 is 18.8 Å². The third kappa shape index (κ3) is 5.46. The number of nitrogens with one attached hydrogen (secondary N) is 1. The van der Waals surface area contributed by atoms with Gasteiger partial charge in [-0.1, -0.05) is 24.3 Å². The zero-order valence-corrected chi connectivity index (χ0v) is 21.7. The van der Waals surface area contributed by atoms with Gasteiger partial charge in [0, 0.05) is 24.9 Å². The van der Waals surface area contributed by atoms with Gasteiger partial charge in [-0.25, -0.2) is 0 Å². The molecule has 0 saturated heterocycles. The van der Waals surface area contributed by atoms with E-state index in [1.807, 2.05) is 37.3 Å². The first kappa shape index (κ1) is 25.8. The number of aromatic nitrogens is 3. The summed E-state index contributed by atoms with van der Waals surface area (Å²) >= 11 is 1.36. The molecule has 4 rings (SSSR count). The van der Waals surface area contributed by atoms with Crippen LogP contribution in [0.2, 0.25) is 0 Å². The topological polar surface area (TPSA) is 112 Å². The quantitative estimate of drug-likeness (QED) is 0.173. The van der Waals surface area contributed by atoms with E-state index < -0.39 is 0 Å². The van der Waals surface area contributed by atoms with Gasteiger partial charge in [-0.15, -0.1) is 10.2 Å². The Morgan fingerprint density at radius 2 is 1.81 bits per heavy atom. The number of furan rings is 1. The van der Waals surface area contributed by atoms with Crippen LogP contribution in [0.5, 0.6) is 11.5 Å². The molecule has 0 unspecified atom stereocenters. The molecule has 11 heteroatoms. The number of hydrogen-bond donors (Lipinski definition) is 1. The van der Waals surface area contributed by atoms with E-state index in [1.165, 1.54) is 11.9 Å². The maximum atomic E-state index is 12.8. The molecule has 0 fully saturated rings. The number of rotatable bonds is 11. The molecule has 0 saturated carbocycles. The number of amides is 1. The largest absolute Gasteiger partial charge is 0.494 e. The minimum absolute atomic E-state index is 0.222. The average Bonchev–Trinajstić information content (AvgIpc) is 3.55. The number of anilines is 1. The fourth-order valence-corrected chi connectivity index (χ4v) is 4.46. The van der Waals surface area contributed by atoms with Crippen molar-refractivity contribution in [3.05, 3.63) is 71.5 Å². The molecule has 0 aliphatic heterocycles. The first-order valence-corrected chi connectivity index (χ1v) is 12.4. The van der Waals surface area contributed by atoms with Crippen molar-refractivity contribution in [2.24, 2.45) is 0 Å². The number of methoxy groups -OCH3 is 2. The van der Waals surface area contributed by atoms with Gasteiger partial charge in [0.25, 0.3) is 5.91 Å². The van der Waals surface area contributed by atoms with Crippen molar-refractivity contribution in [2.75, 3.05) is 38.3 Å². The van der Waals surface area contributed by atoms with Crippen molar-refractivity contribution in [1.29, 1.82) is 0 Å². The Labute approximate surface area is 218 Å². The fraction of sp³-hybridized carbons (Fsp3) is 0.231. The van der Waals surface area contributed by atoms with Gasteiger partial charge in [0.05, 0.1) is 19.8 Å². The summed E-state index contributed by atoms with van der Waals surface area (Å²) in [6.45, 7) is 2.29. The van der Waals surface area contributed by atoms with Gasteiger partial charge in [0.2, 0.25) is 11.8 Å². The minimum Gasteiger partial charge on any atom is -0.494 e. The molecule has 0 spiro atoms. The highest BCUT2D eigenvalue weighted by Gasteiger charge is 2.24. The molecular weight excluding hydrogens is 494 g/mol. The highest BCUT2D eigenvalue weighted by molar-refractivity contribution is 8.00. The van der Waals surface area contributed by atoms with E-state index in [0.29, 0.717) is 64.4 Å². The van der Waals surface area contributed by atoms with Crippen LogP contribution in [0, 0.1) is 6.92 Å². The molecule has 2 aromatic heterocycles. The molecule has 0 aliphatic rings. The van der Waals surface area contributed by atoms with E-state index >= 15 is 0 Å². The summed E-state index contributed by atoms with van der Waals surface area (Å²) in [6, 6.07) is 15.9. The van der Waals surface area contributed by atoms with E-state index in [2.05, 4.69) is 14.9 Å². The highest BCUT2D eigenvalue weighted by atomic mass is 32.2. The van der Waals surface area contributed by atoms with Crippen LogP contribution in [-0.4, -0.2) is 65.4 Å². The lowest BCUT2D eigenvalue weighted by atomic mass is 10.1. The van der Waals surface area contributed by atoms with Crippen LogP contribution < -0.4 is 14.2 Å². The van der Waals surface area contributed by atoms with Gasteiger partial charge >= 0.3 is 0 Å². The Hall–Kier alpha value is -4.25. The third-order valence-corrected chi connectivity index (χ3v) is 6.32. The first-order valence-electron chi connectivity index (χ1n) is 11.4. The molecule has 0 atom stereocenters. The summed E-state index contributed by atoms with van der Waals surface area (Å²) in [7, 11) is 4.86. The van der Waals surface area contributed by atoms with Crippen LogP contribution in [-0.2, 0) is 0 Å². The van der Waals surface area contributed by atoms with E-state index in [1.54, 1.807) is 55.0 Å². The lowest BCUT2D eigenvalue weighted by Crippen LogP contribution is -2.30. The van der Waals surface area contributed by atoms with Gasteiger partial charge in [0.1, 0.15) is 22.9 Å². The molecule has 1 N–H and O–H groups in total. The molecule has 0 radical (unpaired) electrons. The van der Waals surface area contributed by atoms with Crippen molar-refractivity contribution >= 4 is 30.1 Å². The number of aldehydes is 1. The van der Waals surface area contributed by atoms with Gasteiger partial charge in [-0.3, -0.25) is 18.9 Å². The molecule has 4 aromatic rings. The maximum absolute atomic E-state index is 12.8. The predicted molar refractivity (Wildman–Crippen MR) is 142 cm³/mol. The average molecular weight is 522 g/mol. The SMILES string of the molecule is COc1cccc(OC)c1-n1c(NSCCN(C)C(=O)c2ccccc2C=O)nnc1-c1ccc(C)o1. The summed E-state index contributed by atoms with van der Waals surface area (Å²) < 4.78 is 22.1. The smallest absolute Gasteiger partial charge is 0.254 e. The van der Waals surface area contributed by atoms with Crippen LogP contribution in [0.1, 0.15) is 26.5 Å². The van der Waals surface area contributed by atoms with Crippen LogP contribution in [0.25, 0.3) is 17.3 Å². The number of carbonyl (C=O) groups is 2. The zero-order chi connectivity index (χ0) is 26.4. The molecule has 0 aliphatic carbocycles. The molecule has 2 aromatic carbocycles. The number of benzene rings is 2. The summed E-state index contributed by atoms with van der Waals surface area (Å²) in [4.78, 5) is 25.7. The Morgan fingerprint density at radius 1 is 1.08 bits per heavy atom. The number of ether oxygens (including phenoxy) is 2. The Bertz CT molecular complexity index is 1380.